The number of likely N-dealkylation sites (tertiary alicyclic amines) is 2. The Morgan fingerprint density at radius 2 is 1.96 bits per heavy atom. The molecule has 0 aromatic carbocycles. The second-order valence-corrected chi connectivity index (χ2v) is 8.03. The maximum absolute atomic E-state index is 12.7. The van der Waals surface area contributed by atoms with Crippen molar-refractivity contribution in [3.05, 3.63) is 30.1 Å². The Kier molecular flexibility index (Phi) is 7.61. The van der Waals surface area contributed by atoms with Gasteiger partial charge in [0.25, 0.3) is 0 Å². The highest BCUT2D eigenvalue weighted by Crippen LogP contribution is 2.25. The van der Waals surface area contributed by atoms with Gasteiger partial charge < -0.3 is 10.0 Å². The SMILES string of the molecule is CN(CCCO)C(=O)[C@@H]1CCCN(C2CCN(Cc3ccncc3)CC2)C1. The van der Waals surface area contributed by atoms with Crippen molar-refractivity contribution in [3.8, 4) is 0 Å². The van der Waals surface area contributed by atoms with Gasteiger partial charge in [-0.05, 0) is 69.4 Å². The van der Waals surface area contributed by atoms with Crippen LogP contribution in [0.1, 0.15) is 37.7 Å². The number of aromatic nitrogens is 1. The van der Waals surface area contributed by atoms with Gasteiger partial charge in [-0.25, -0.2) is 0 Å². The molecule has 2 aliphatic heterocycles. The summed E-state index contributed by atoms with van der Waals surface area (Å²) in [7, 11) is 1.87. The fourth-order valence-electron chi connectivity index (χ4n) is 4.46. The lowest BCUT2D eigenvalue weighted by Gasteiger charge is -2.42. The molecule has 3 heterocycles. The molecule has 1 atom stereocenters. The number of piperidine rings is 2. The number of pyridine rings is 1. The molecule has 0 saturated carbocycles. The van der Waals surface area contributed by atoms with Crippen LogP contribution in [0.5, 0.6) is 0 Å². The lowest BCUT2D eigenvalue weighted by atomic mass is 9.93. The maximum atomic E-state index is 12.7. The van der Waals surface area contributed by atoms with E-state index in [9.17, 15) is 4.79 Å². The average molecular weight is 375 g/mol. The molecule has 150 valence electrons. The minimum atomic E-state index is 0.122. The number of carbonyl (C=O) groups is 1. The third kappa shape index (κ3) is 5.74. The van der Waals surface area contributed by atoms with Crippen molar-refractivity contribution < 1.29 is 9.90 Å². The molecule has 6 heteroatoms. The second kappa shape index (κ2) is 10.2. The van der Waals surface area contributed by atoms with Crippen LogP contribution in [0.15, 0.2) is 24.5 Å². The van der Waals surface area contributed by atoms with Crippen molar-refractivity contribution in [3.63, 3.8) is 0 Å². The molecule has 0 bridgehead atoms. The molecule has 1 amide bonds. The number of rotatable bonds is 7. The van der Waals surface area contributed by atoms with Gasteiger partial charge in [0.1, 0.15) is 0 Å². The van der Waals surface area contributed by atoms with E-state index in [1.54, 1.807) is 0 Å². The first-order valence-corrected chi connectivity index (χ1v) is 10.4. The summed E-state index contributed by atoms with van der Waals surface area (Å²) in [6.45, 7) is 6.07. The number of hydrogen-bond donors (Lipinski definition) is 1. The van der Waals surface area contributed by atoms with E-state index < -0.39 is 0 Å². The molecule has 0 unspecified atom stereocenters. The molecule has 27 heavy (non-hydrogen) atoms. The van der Waals surface area contributed by atoms with E-state index in [0.717, 1.165) is 45.6 Å². The van der Waals surface area contributed by atoms with E-state index in [1.807, 2.05) is 24.3 Å². The molecule has 3 rings (SSSR count). The predicted molar refractivity (Wildman–Crippen MR) is 106 cm³/mol. The number of carbonyl (C=O) groups excluding carboxylic acids is 1. The lowest BCUT2D eigenvalue weighted by molar-refractivity contribution is -0.136. The quantitative estimate of drug-likeness (QED) is 0.786. The minimum Gasteiger partial charge on any atom is -0.396 e. The Hall–Kier alpha value is -1.50. The van der Waals surface area contributed by atoms with Crippen LogP contribution < -0.4 is 0 Å². The van der Waals surface area contributed by atoms with Gasteiger partial charge in [0.2, 0.25) is 5.91 Å². The first-order chi connectivity index (χ1) is 13.2. The lowest BCUT2D eigenvalue weighted by Crippen LogP contribution is -2.50. The molecule has 0 spiro atoms. The monoisotopic (exact) mass is 374 g/mol. The van der Waals surface area contributed by atoms with E-state index in [-0.39, 0.29) is 18.4 Å². The largest absolute Gasteiger partial charge is 0.396 e. The highest BCUT2D eigenvalue weighted by molar-refractivity contribution is 5.78. The molecular formula is C21H34N4O2. The Morgan fingerprint density at radius 3 is 2.67 bits per heavy atom. The van der Waals surface area contributed by atoms with Crippen LogP contribution in [0.2, 0.25) is 0 Å². The van der Waals surface area contributed by atoms with E-state index in [1.165, 1.54) is 18.4 Å². The second-order valence-electron chi connectivity index (χ2n) is 8.03. The molecule has 2 fully saturated rings. The molecule has 1 aromatic heterocycles. The van der Waals surface area contributed by atoms with Gasteiger partial charge in [0.15, 0.2) is 0 Å². The van der Waals surface area contributed by atoms with Crippen LogP contribution in [0.3, 0.4) is 0 Å². The van der Waals surface area contributed by atoms with Gasteiger partial charge >= 0.3 is 0 Å². The van der Waals surface area contributed by atoms with Gasteiger partial charge in [-0.3, -0.25) is 19.6 Å². The summed E-state index contributed by atoms with van der Waals surface area (Å²) in [5.74, 6) is 0.376. The standard InChI is InChI=1S/C21H34N4O2/c1-23(11-3-15-26)21(27)19-4-2-12-25(17-19)20-7-13-24(14-8-20)16-18-5-9-22-10-6-18/h5-6,9-10,19-20,26H,2-4,7-8,11-17H2,1H3/t19-/m1/s1. The van der Waals surface area contributed by atoms with Crippen molar-refractivity contribution in [1.82, 2.24) is 19.7 Å². The minimum absolute atomic E-state index is 0.122. The number of nitrogens with zero attached hydrogens (tertiary/aromatic N) is 4. The highest BCUT2D eigenvalue weighted by Gasteiger charge is 2.32. The molecular weight excluding hydrogens is 340 g/mol. The Balaban J connectivity index is 1.46. The van der Waals surface area contributed by atoms with Crippen LogP contribution in [0, 0.1) is 5.92 Å². The van der Waals surface area contributed by atoms with E-state index in [4.69, 9.17) is 5.11 Å². The van der Waals surface area contributed by atoms with Crippen LogP contribution in [0.4, 0.5) is 0 Å². The van der Waals surface area contributed by atoms with E-state index in [2.05, 4.69) is 26.9 Å². The molecule has 1 N–H and O–H groups in total. The zero-order valence-corrected chi connectivity index (χ0v) is 16.6. The summed E-state index contributed by atoms with van der Waals surface area (Å²) in [5, 5.41) is 8.98. The average Bonchev–Trinajstić information content (AvgIpc) is 2.73. The summed E-state index contributed by atoms with van der Waals surface area (Å²) >= 11 is 0. The summed E-state index contributed by atoms with van der Waals surface area (Å²) in [4.78, 5) is 23.7. The highest BCUT2D eigenvalue weighted by atomic mass is 16.3. The molecule has 2 saturated heterocycles. The topological polar surface area (TPSA) is 59.9 Å². The molecule has 0 radical (unpaired) electrons. The first kappa shape index (κ1) is 20.2. The van der Waals surface area contributed by atoms with Gasteiger partial charge in [-0.15, -0.1) is 0 Å². The Bertz CT molecular complexity index is 575. The Morgan fingerprint density at radius 1 is 1.22 bits per heavy atom. The summed E-state index contributed by atoms with van der Waals surface area (Å²) in [6.07, 6.45) is 8.88. The zero-order valence-electron chi connectivity index (χ0n) is 16.6. The fourth-order valence-corrected chi connectivity index (χ4v) is 4.46. The van der Waals surface area contributed by atoms with Crippen LogP contribution in [-0.4, -0.2) is 83.1 Å². The summed E-state index contributed by atoms with van der Waals surface area (Å²) < 4.78 is 0. The molecule has 6 nitrogen and oxygen atoms in total. The molecule has 0 aliphatic carbocycles. The normalized spacial score (nSPS) is 22.7. The van der Waals surface area contributed by atoms with E-state index in [0.29, 0.717) is 19.0 Å². The predicted octanol–water partition coefficient (Wildman–Crippen LogP) is 1.60. The summed E-state index contributed by atoms with van der Waals surface area (Å²) in [5.41, 5.74) is 1.33. The van der Waals surface area contributed by atoms with Crippen molar-refractivity contribution in [2.75, 3.05) is 46.4 Å². The number of amides is 1. The third-order valence-corrected chi connectivity index (χ3v) is 6.06. The van der Waals surface area contributed by atoms with E-state index >= 15 is 0 Å². The summed E-state index contributed by atoms with van der Waals surface area (Å²) in [6, 6.07) is 4.80. The zero-order chi connectivity index (χ0) is 19.1. The van der Waals surface area contributed by atoms with Crippen LogP contribution in [-0.2, 0) is 11.3 Å². The van der Waals surface area contributed by atoms with Gasteiger partial charge in [0.05, 0.1) is 5.92 Å². The smallest absolute Gasteiger partial charge is 0.226 e. The number of aliphatic hydroxyl groups excluding tert-OH is 1. The Labute approximate surface area is 163 Å². The van der Waals surface area contributed by atoms with Gasteiger partial charge in [-0.1, -0.05) is 0 Å². The number of hydrogen-bond acceptors (Lipinski definition) is 5. The number of aliphatic hydroxyl groups is 1. The van der Waals surface area contributed by atoms with Crippen molar-refractivity contribution in [2.45, 2.75) is 44.7 Å². The maximum Gasteiger partial charge on any atom is 0.226 e. The van der Waals surface area contributed by atoms with Crippen LogP contribution in [0.25, 0.3) is 0 Å². The molecule has 1 aromatic rings. The van der Waals surface area contributed by atoms with Crippen molar-refractivity contribution in [2.24, 2.45) is 5.92 Å². The third-order valence-electron chi connectivity index (χ3n) is 6.06. The molecule has 2 aliphatic rings. The first-order valence-electron chi connectivity index (χ1n) is 10.4. The fraction of sp³-hybridized carbons (Fsp3) is 0.714. The van der Waals surface area contributed by atoms with Crippen LogP contribution >= 0.6 is 0 Å². The van der Waals surface area contributed by atoms with Gasteiger partial charge in [0, 0.05) is 51.7 Å². The van der Waals surface area contributed by atoms with Crippen molar-refractivity contribution in [1.29, 1.82) is 0 Å². The van der Waals surface area contributed by atoms with Gasteiger partial charge in [-0.2, -0.15) is 0 Å². The van der Waals surface area contributed by atoms with Crippen molar-refractivity contribution >= 4 is 5.91 Å².